The average molecular weight is 191 g/mol. The van der Waals surface area contributed by atoms with Crippen molar-refractivity contribution < 1.29 is 0 Å². The second kappa shape index (κ2) is 4.28. The van der Waals surface area contributed by atoms with Gasteiger partial charge in [0.15, 0.2) is 0 Å². The molecule has 2 heteroatoms. The van der Waals surface area contributed by atoms with Crippen molar-refractivity contribution in [3.63, 3.8) is 0 Å². The van der Waals surface area contributed by atoms with Gasteiger partial charge in [-0.05, 0) is 49.6 Å². The fourth-order valence-corrected chi connectivity index (χ4v) is 1.48. The molecule has 0 heterocycles. The second-order valence-corrected chi connectivity index (χ2v) is 3.24. The summed E-state index contributed by atoms with van der Waals surface area (Å²) in [4.78, 5) is 4.27. The van der Waals surface area contributed by atoms with Crippen LogP contribution in [0.2, 0.25) is 0 Å². The maximum atomic E-state index is 4.91. The molecule has 0 aliphatic carbocycles. The van der Waals surface area contributed by atoms with Gasteiger partial charge in [0, 0.05) is 11.6 Å². The number of aliphatic imine (C=N–C) groups is 1. The molecule has 1 nitrogen and oxygen atoms in total. The number of aryl methyl sites for hydroxylation is 2. The van der Waals surface area contributed by atoms with Crippen LogP contribution in [-0.4, -0.2) is 11.6 Å². The van der Waals surface area contributed by atoms with Gasteiger partial charge in [0.1, 0.15) is 0 Å². The van der Waals surface area contributed by atoms with Gasteiger partial charge in [-0.1, -0.05) is 12.2 Å². The summed E-state index contributed by atoms with van der Waals surface area (Å²) in [5.74, 6) is 0. The number of nitrogens with zero attached hydrogens (tertiary/aromatic N) is 1. The van der Waals surface area contributed by atoms with Crippen LogP contribution in [0.25, 0.3) is 0 Å². The van der Waals surface area contributed by atoms with Crippen molar-refractivity contribution >= 4 is 29.5 Å². The highest BCUT2D eigenvalue weighted by Crippen LogP contribution is 2.22. The summed E-state index contributed by atoms with van der Waals surface area (Å²) in [5, 5.41) is 1.71. The zero-order valence-corrected chi connectivity index (χ0v) is 8.98. The van der Waals surface area contributed by atoms with Gasteiger partial charge in [0.25, 0.3) is 0 Å². The quantitative estimate of drug-likeness (QED) is 0.515. The first-order chi connectivity index (χ1) is 6.19. The lowest BCUT2D eigenvalue weighted by molar-refractivity contribution is 1.35. The standard InChI is InChI=1S/C11H13NS/c1-4-12-11-6-8(2)10(7-13)5-9(11)3/h4-7H,1-3H3/b12-4+. The monoisotopic (exact) mass is 191 g/mol. The van der Waals surface area contributed by atoms with Gasteiger partial charge in [-0.15, -0.1) is 0 Å². The van der Waals surface area contributed by atoms with Crippen molar-refractivity contribution in [3.05, 3.63) is 28.8 Å². The van der Waals surface area contributed by atoms with E-state index in [1.165, 1.54) is 11.1 Å². The van der Waals surface area contributed by atoms with E-state index >= 15 is 0 Å². The van der Waals surface area contributed by atoms with Gasteiger partial charge >= 0.3 is 0 Å². The molecule has 0 N–H and O–H groups in total. The van der Waals surface area contributed by atoms with E-state index in [0.717, 1.165) is 11.3 Å². The maximum absolute atomic E-state index is 4.91. The Kier molecular flexibility index (Phi) is 3.32. The summed E-state index contributed by atoms with van der Waals surface area (Å²) in [5.41, 5.74) is 4.49. The molecule has 0 atom stereocenters. The lowest BCUT2D eigenvalue weighted by atomic mass is 10.1. The normalized spacial score (nSPS) is 10.7. The van der Waals surface area contributed by atoms with Crippen molar-refractivity contribution in [2.45, 2.75) is 20.8 Å². The molecular formula is C11H13NS. The largest absolute Gasteiger partial charge is 0.261 e. The van der Waals surface area contributed by atoms with Gasteiger partial charge < -0.3 is 0 Å². The van der Waals surface area contributed by atoms with Gasteiger partial charge in [-0.2, -0.15) is 0 Å². The third kappa shape index (κ3) is 2.22. The minimum atomic E-state index is 1.03. The van der Waals surface area contributed by atoms with E-state index in [1.807, 2.05) is 20.8 Å². The van der Waals surface area contributed by atoms with E-state index in [4.69, 9.17) is 12.2 Å². The fraction of sp³-hybridized carbons (Fsp3) is 0.273. The Morgan fingerprint density at radius 2 is 1.92 bits per heavy atom. The van der Waals surface area contributed by atoms with E-state index in [9.17, 15) is 0 Å². The molecular weight excluding hydrogens is 178 g/mol. The Bertz CT molecular complexity index is 353. The van der Waals surface area contributed by atoms with Crippen LogP contribution >= 0.6 is 12.2 Å². The van der Waals surface area contributed by atoms with E-state index in [2.05, 4.69) is 17.1 Å². The number of hydrogen-bond donors (Lipinski definition) is 0. The highest BCUT2D eigenvalue weighted by Gasteiger charge is 2.00. The lowest BCUT2D eigenvalue weighted by Gasteiger charge is -2.04. The molecule has 68 valence electrons. The van der Waals surface area contributed by atoms with E-state index in [0.29, 0.717) is 0 Å². The third-order valence-electron chi connectivity index (χ3n) is 1.98. The van der Waals surface area contributed by atoms with Gasteiger partial charge in [0.2, 0.25) is 0 Å². The molecule has 0 spiro atoms. The van der Waals surface area contributed by atoms with Gasteiger partial charge in [-0.25, -0.2) is 0 Å². The number of rotatable bonds is 2. The van der Waals surface area contributed by atoms with Crippen LogP contribution < -0.4 is 0 Å². The molecule has 1 rings (SSSR count). The summed E-state index contributed by atoms with van der Waals surface area (Å²) >= 11 is 4.91. The van der Waals surface area contributed by atoms with Crippen LogP contribution in [0, 0.1) is 13.8 Å². The SMILES string of the molecule is C/C=N/c1cc(C)c(C=S)cc1C. The Hall–Kier alpha value is -1.02. The van der Waals surface area contributed by atoms with E-state index in [-0.39, 0.29) is 0 Å². The Morgan fingerprint density at radius 1 is 1.23 bits per heavy atom. The molecule has 0 fully saturated rings. The van der Waals surface area contributed by atoms with Crippen LogP contribution in [0.3, 0.4) is 0 Å². The molecule has 13 heavy (non-hydrogen) atoms. The fourth-order valence-electron chi connectivity index (χ4n) is 1.23. The van der Waals surface area contributed by atoms with Crippen molar-refractivity contribution in [2.24, 2.45) is 4.99 Å². The van der Waals surface area contributed by atoms with Crippen molar-refractivity contribution in [3.8, 4) is 0 Å². The first-order valence-electron chi connectivity index (χ1n) is 4.24. The summed E-state index contributed by atoms with van der Waals surface area (Å²) in [6, 6.07) is 4.14. The molecule has 1 aromatic carbocycles. The Labute approximate surface area is 84.5 Å². The van der Waals surface area contributed by atoms with Crippen LogP contribution in [0.1, 0.15) is 23.6 Å². The van der Waals surface area contributed by atoms with Crippen LogP contribution in [0.5, 0.6) is 0 Å². The molecule has 0 amide bonds. The van der Waals surface area contributed by atoms with Crippen molar-refractivity contribution in [1.29, 1.82) is 0 Å². The molecule has 1 aromatic rings. The second-order valence-electron chi connectivity index (χ2n) is 3.00. The van der Waals surface area contributed by atoms with Crippen molar-refractivity contribution in [2.75, 3.05) is 0 Å². The molecule has 0 saturated carbocycles. The average Bonchev–Trinajstić information content (AvgIpc) is 2.11. The van der Waals surface area contributed by atoms with Crippen LogP contribution in [-0.2, 0) is 0 Å². The van der Waals surface area contributed by atoms with E-state index < -0.39 is 0 Å². The summed E-state index contributed by atoms with van der Waals surface area (Å²) in [6.45, 7) is 6.01. The van der Waals surface area contributed by atoms with E-state index in [1.54, 1.807) is 11.6 Å². The summed E-state index contributed by atoms with van der Waals surface area (Å²) in [6.07, 6.45) is 1.80. The summed E-state index contributed by atoms with van der Waals surface area (Å²) < 4.78 is 0. The van der Waals surface area contributed by atoms with Crippen LogP contribution in [0.15, 0.2) is 17.1 Å². The van der Waals surface area contributed by atoms with Crippen LogP contribution in [0.4, 0.5) is 5.69 Å². The first kappa shape index (κ1) is 10.1. The first-order valence-corrected chi connectivity index (χ1v) is 4.71. The molecule has 0 aliphatic rings. The zero-order chi connectivity index (χ0) is 9.84. The predicted octanol–water partition coefficient (Wildman–Crippen LogP) is 3.37. The maximum Gasteiger partial charge on any atom is 0.0657 e. The number of thiocarbonyl (C=S) groups is 1. The number of hydrogen-bond acceptors (Lipinski definition) is 2. The van der Waals surface area contributed by atoms with Gasteiger partial charge in [-0.3, -0.25) is 4.99 Å². The Balaban J connectivity index is 3.27. The molecule has 0 bridgehead atoms. The summed E-state index contributed by atoms with van der Waals surface area (Å²) in [7, 11) is 0. The molecule has 0 radical (unpaired) electrons. The van der Waals surface area contributed by atoms with Gasteiger partial charge in [0.05, 0.1) is 5.69 Å². The molecule has 0 saturated heterocycles. The highest BCUT2D eigenvalue weighted by molar-refractivity contribution is 7.79. The predicted molar refractivity (Wildman–Crippen MR) is 62.5 cm³/mol. The molecule has 0 unspecified atom stereocenters. The molecule has 0 aliphatic heterocycles. The topological polar surface area (TPSA) is 12.4 Å². The lowest BCUT2D eigenvalue weighted by Crippen LogP contribution is -1.87. The minimum Gasteiger partial charge on any atom is -0.261 e. The smallest absolute Gasteiger partial charge is 0.0657 e. The van der Waals surface area contributed by atoms with Crippen molar-refractivity contribution in [1.82, 2.24) is 0 Å². The third-order valence-corrected chi connectivity index (χ3v) is 2.23. The Morgan fingerprint density at radius 3 is 2.46 bits per heavy atom. The number of benzene rings is 1. The highest BCUT2D eigenvalue weighted by atomic mass is 32.1. The zero-order valence-electron chi connectivity index (χ0n) is 8.16. The molecule has 0 aromatic heterocycles. The minimum absolute atomic E-state index is 1.03.